The molecule has 0 fully saturated rings. The van der Waals surface area contributed by atoms with Crippen LogP contribution in [-0.2, 0) is 9.53 Å². The topological polar surface area (TPSA) is 55.4 Å². The highest BCUT2D eigenvalue weighted by Crippen LogP contribution is 2.21. The third-order valence-electron chi connectivity index (χ3n) is 2.25. The van der Waals surface area contributed by atoms with Crippen LogP contribution < -0.4 is 5.32 Å². The lowest BCUT2D eigenvalue weighted by molar-refractivity contribution is -0.116. The van der Waals surface area contributed by atoms with Crippen LogP contribution in [0, 0.1) is 5.92 Å². The van der Waals surface area contributed by atoms with Gasteiger partial charge in [0.15, 0.2) is 0 Å². The summed E-state index contributed by atoms with van der Waals surface area (Å²) in [5.41, 5.74) is 0.770. The summed E-state index contributed by atoms with van der Waals surface area (Å²) in [5.74, 6) is -0.347. The first-order valence-corrected chi connectivity index (χ1v) is 5.99. The number of benzene rings is 1. The standard InChI is InChI=1S/C13H16ClNO3/c1-8(2)6-12(16)15-9-4-5-11(14)10(7-9)13(17)18-3/h4-5,7-8H,6H2,1-3H3,(H,15,16). The molecule has 0 aliphatic heterocycles. The predicted molar refractivity (Wildman–Crippen MR) is 70.9 cm³/mol. The zero-order chi connectivity index (χ0) is 13.7. The maximum Gasteiger partial charge on any atom is 0.339 e. The summed E-state index contributed by atoms with van der Waals surface area (Å²) < 4.78 is 4.61. The summed E-state index contributed by atoms with van der Waals surface area (Å²) in [6, 6.07) is 4.71. The van der Waals surface area contributed by atoms with Crippen molar-refractivity contribution in [3.63, 3.8) is 0 Å². The van der Waals surface area contributed by atoms with Crippen LogP contribution in [-0.4, -0.2) is 19.0 Å². The fourth-order valence-corrected chi connectivity index (χ4v) is 1.65. The summed E-state index contributed by atoms with van der Waals surface area (Å²) in [4.78, 5) is 23.0. The number of rotatable bonds is 4. The minimum atomic E-state index is -0.528. The lowest BCUT2D eigenvalue weighted by atomic mass is 10.1. The van der Waals surface area contributed by atoms with Crippen molar-refractivity contribution in [3.8, 4) is 0 Å². The van der Waals surface area contributed by atoms with Crippen molar-refractivity contribution in [2.45, 2.75) is 20.3 Å². The molecule has 0 aliphatic carbocycles. The molecule has 0 atom stereocenters. The van der Waals surface area contributed by atoms with Crippen molar-refractivity contribution in [2.75, 3.05) is 12.4 Å². The number of anilines is 1. The molecule has 0 saturated heterocycles. The van der Waals surface area contributed by atoms with E-state index in [1.54, 1.807) is 12.1 Å². The molecule has 1 aromatic rings. The predicted octanol–water partition coefficient (Wildman–Crippen LogP) is 3.11. The van der Waals surface area contributed by atoms with Gasteiger partial charge in [0.1, 0.15) is 0 Å². The van der Waals surface area contributed by atoms with E-state index in [1.807, 2.05) is 13.8 Å². The quantitative estimate of drug-likeness (QED) is 0.855. The number of methoxy groups -OCH3 is 1. The number of esters is 1. The minimum absolute atomic E-state index is 0.0943. The van der Waals surface area contributed by atoms with E-state index in [2.05, 4.69) is 10.1 Å². The van der Waals surface area contributed by atoms with Gasteiger partial charge in [-0.1, -0.05) is 25.4 Å². The molecule has 0 aromatic heterocycles. The number of nitrogens with one attached hydrogen (secondary N) is 1. The first-order chi connectivity index (χ1) is 8.43. The molecule has 0 spiro atoms. The van der Waals surface area contributed by atoms with Crippen LogP contribution in [0.1, 0.15) is 30.6 Å². The van der Waals surface area contributed by atoms with Crippen molar-refractivity contribution in [2.24, 2.45) is 5.92 Å². The zero-order valence-corrected chi connectivity index (χ0v) is 11.4. The summed E-state index contributed by atoms with van der Waals surface area (Å²) >= 11 is 5.88. The Balaban J connectivity index is 2.85. The Bertz CT molecular complexity index is 458. The van der Waals surface area contributed by atoms with Gasteiger partial charge in [0, 0.05) is 12.1 Å². The molecule has 0 aliphatic rings. The fraction of sp³-hybridized carbons (Fsp3) is 0.385. The van der Waals surface area contributed by atoms with Gasteiger partial charge in [0.05, 0.1) is 17.7 Å². The second-order valence-electron chi connectivity index (χ2n) is 4.33. The summed E-state index contributed by atoms with van der Waals surface area (Å²) in [6.07, 6.45) is 0.427. The monoisotopic (exact) mass is 269 g/mol. The Morgan fingerprint density at radius 1 is 1.39 bits per heavy atom. The molecular weight excluding hydrogens is 254 g/mol. The summed E-state index contributed by atoms with van der Waals surface area (Å²) in [7, 11) is 1.28. The average Bonchev–Trinajstić information content (AvgIpc) is 2.29. The van der Waals surface area contributed by atoms with Gasteiger partial charge in [0.2, 0.25) is 5.91 Å². The van der Waals surface area contributed by atoms with Crippen molar-refractivity contribution in [1.82, 2.24) is 0 Å². The number of hydrogen-bond acceptors (Lipinski definition) is 3. The van der Waals surface area contributed by atoms with E-state index >= 15 is 0 Å². The second-order valence-corrected chi connectivity index (χ2v) is 4.74. The van der Waals surface area contributed by atoms with E-state index in [4.69, 9.17) is 11.6 Å². The van der Waals surface area contributed by atoms with Gasteiger partial charge < -0.3 is 10.1 Å². The largest absolute Gasteiger partial charge is 0.465 e. The first-order valence-electron chi connectivity index (χ1n) is 5.61. The molecule has 1 amide bonds. The van der Waals surface area contributed by atoms with Crippen LogP contribution in [0.15, 0.2) is 18.2 Å². The van der Waals surface area contributed by atoms with Crippen LogP contribution in [0.2, 0.25) is 5.02 Å². The Morgan fingerprint density at radius 2 is 2.06 bits per heavy atom. The van der Waals surface area contributed by atoms with Crippen LogP contribution in [0.25, 0.3) is 0 Å². The number of amides is 1. The van der Waals surface area contributed by atoms with E-state index < -0.39 is 5.97 Å². The van der Waals surface area contributed by atoms with E-state index in [-0.39, 0.29) is 17.4 Å². The van der Waals surface area contributed by atoms with Crippen molar-refractivity contribution in [3.05, 3.63) is 28.8 Å². The molecular formula is C13H16ClNO3. The summed E-state index contributed by atoms with van der Waals surface area (Å²) in [6.45, 7) is 3.92. The van der Waals surface area contributed by atoms with E-state index in [0.29, 0.717) is 17.1 Å². The minimum Gasteiger partial charge on any atom is -0.465 e. The average molecular weight is 270 g/mol. The Hall–Kier alpha value is -1.55. The molecule has 5 heteroatoms. The normalized spacial score (nSPS) is 10.3. The molecule has 0 bridgehead atoms. The molecule has 0 radical (unpaired) electrons. The third kappa shape index (κ3) is 4.04. The van der Waals surface area contributed by atoms with E-state index in [1.165, 1.54) is 13.2 Å². The van der Waals surface area contributed by atoms with Crippen LogP contribution in [0.3, 0.4) is 0 Å². The Morgan fingerprint density at radius 3 is 2.61 bits per heavy atom. The molecule has 0 saturated carbocycles. The van der Waals surface area contributed by atoms with E-state index in [9.17, 15) is 9.59 Å². The van der Waals surface area contributed by atoms with Gasteiger partial charge in [-0.2, -0.15) is 0 Å². The Kier molecular flexibility index (Phi) is 5.16. The number of halogens is 1. The van der Waals surface area contributed by atoms with Gasteiger partial charge in [-0.25, -0.2) is 4.79 Å². The molecule has 98 valence electrons. The highest BCUT2D eigenvalue weighted by molar-refractivity contribution is 6.33. The maximum absolute atomic E-state index is 11.6. The van der Waals surface area contributed by atoms with Crippen molar-refractivity contribution in [1.29, 1.82) is 0 Å². The molecule has 0 unspecified atom stereocenters. The van der Waals surface area contributed by atoms with Gasteiger partial charge in [-0.3, -0.25) is 4.79 Å². The van der Waals surface area contributed by atoms with Gasteiger partial charge in [0.25, 0.3) is 0 Å². The lowest BCUT2D eigenvalue weighted by Crippen LogP contribution is -2.14. The molecule has 1 aromatic carbocycles. The molecule has 0 heterocycles. The molecule has 4 nitrogen and oxygen atoms in total. The van der Waals surface area contributed by atoms with Crippen LogP contribution in [0.5, 0.6) is 0 Å². The zero-order valence-electron chi connectivity index (χ0n) is 10.6. The van der Waals surface area contributed by atoms with Gasteiger partial charge in [-0.15, -0.1) is 0 Å². The number of ether oxygens (including phenoxy) is 1. The van der Waals surface area contributed by atoms with Crippen molar-refractivity contribution < 1.29 is 14.3 Å². The SMILES string of the molecule is COC(=O)c1cc(NC(=O)CC(C)C)ccc1Cl. The Labute approximate surface area is 111 Å². The number of hydrogen-bond donors (Lipinski definition) is 1. The number of carbonyl (C=O) groups excluding carboxylic acids is 2. The smallest absolute Gasteiger partial charge is 0.339 e. The third-order valence-corrected chi connectivity index (χ3v) is 2.58. The lowest BCUT2D eigenvalue weighted by Gasteiger charge is -2.09. The molecule has 1 rings (SSSR count). The van der Waals surface area contributed by atoms with Crippen LogP contribution in [0.4, 0.5) is 5.69 Å². The fourth-order valence-electron chi connectivity index (χ4n) is 1.45. The van der Waals surface area contributed by atoms with Crippen molar-refractivity contribution >= 4 is 29.2 Å². The maximum atomic E-state index is 11.6. The van der Waals surface area contributed by atoms with Gasteiger partial charge in [-0.05, 0) is 24.1 Å². The van der Waals surface area contributed by atoms with Crippen LogP contribution >= 0.6 is 11.6 Å². The van der Waals surface area contributed by atoms with Gasteiger partial charge >= 0.3 is 5.97 Å². The molecule has 18 heavy (non-hydrogen) atoms. The summed E-state index contributed by atoms with van der Waals surface area (Å²) in [5, 5.41) is 3.01. The second kappa shape index (κ2) is 6.40. The first kappa shape index (κ1) is 14.5. The van der Waals surface area contributed by atoms with E-state index in [0.717, 1.165) is 0 Å². The number of carbonyl (C=O) groups is 2. The molecule has 1 N–H and O–H groups in total. The highest BCUT2D eigenvalue weighted by atomic mass is 35.5. The highest BCUT2D eigenvalue weighted by Gasteiger charge is 2.12.